The fourth-order valence-electron chi connectivity index (χ4n) is 2.68. The molecule has 1 saturated heterocycles. The molecular weight excluding hydrogens is 260 g/mol. The molecule has 1 N–H and O–H groups in total. The van der Waals surface area contributed by atoms with E-state index in [1.165, 1.54) is 4.88 Å². The Kier molecular flexibility index (Phi) is 4.45. The number of piperidine rings is 1. The third kappa shape index (κ3) is 3.47. The molecule has 0 amide bonds. The average Bonchev–Trinajstić information content (AvgIpc) is 2.69. The summed E-state index contributed by atoms with van der Waals surface area (Å²) in [7, 11) is 0. The number of aromatic nitrogens is 1. The van der Waals surface area contributed by atoms with Gasteiger partial charge in [0.25, 0.3) is 0 Å². The standard InChI is InChI=1S/C14H22N2O2S/c1-9(7-13(17)18)12-5-4-6-16(8-12)14-15-10(2)11(3)19-14/h9,12H,4-8H2,1-3H3,(H,17,18). The summed E-state index contributed by atoms with van der Waals surface area (Å²) in [6.45, 7) is 8.19. The first kappa shape index (κ1) is 14.3. The van der Waals surface area contributed by atoms with Gasteiger partial charge < -0.3 is 10.0 Å². The number of hydrogen-bond acceptors (Lipinski definition) is 4. The Bertz CT molecular complexity index is 439. The second-order valence-electron chi connectivity index (χ2n) is 5.56. The molecule has 1 aromatic heterocycles. The van der Waals surface area contributed by atoms with Crippen LogP contribution in [0.15, 0.2) is 0 Å². The zero-order valence-electron chi connectivity index (χ0n) is 11.8. The number of carbonyl (C=O) groups is 1. The van der Waals surface area contributed by atoms with Gasteiger partial charge in [0.2, 0.25) is 0 Å². The Morgan fingerprint density at radius 3 is 2.89 bits per heavy atom. The van der Waals surface area contributed by atoms with Crippen molar-refractivity contribution in [2.75, 3.05) is 18.0 Å². The van der Waals surface area contributed by atoms with Crippen molar-refractivity contribution < 1.29 is 9.90 Å². The number of carboxylic acid groups (broad SMARTS) is 1. The van der Waals surface area contributed by atoms with E-state index in [2.05, 4.69) is 23.7 Å². The van der Waals surface area contributed by atoms with Crippen molar-refractivity contribution in [3.05, 3.63) is 10.6 Å². The minimum absolute atomic E-state index is 0.238. The summed E-state index contributed by atoms with van der Waals surface area (Å²) in [6.07, 6.45) is 2.54. The van der Waals surface area contributed by atoms with Gasteiger partial charge in [-0.15, -0.1) is 11.3 Å². The van der Waals surface area contributed by atoms with E-state index in [0.29, 0.717) is 5.92 Å². The molecule has 2 heterocycles. The molecular formula is C14H22N2O2S. The quantitative estimate of drug-likeness (QED) is 0.922. The van der Waals surface area contributed by atoms with Gasteiger partial charge in [0.15, 0.2) is 5.13 Å². The Hall–Kier alpha value is -1.10. The smallest absolute Gasteiger partial charge is 0.303 e. The highest BCUT2D eigenvalue weighted by atomic mass is 32.1. The lowest BCUT2D eigenvalue weighted by Gasteiger charge is -2.35. The second kappa shape index (κ2) is 5.90. The molecule has 0 spiro atoms. The van der Waals surface area contributed by atoms with Crippen LogP contribution in [0.4, 0.5) is 5.13 Å². The van der Waals surface area contributed by atoms with Crippen LogP contribution in [0.2, 0.25) is 0 Å². The fourth-order valence-corrected chi connectivity index (χ4v) is 3.63. The molecule has 106 valence electrons. The first-order valence-corrected chi connectivity index (χ1v) is 7.69. The van der Waals surface area contributed by atoms with Gasteiger partial charge in [-0.2, -0.15) is 0 Å². The number of carboxylic acids is 1. The fraction of sp³-hybridized carbons (Fsp3) is 0.714. The van der Waals surface area contributed by atoms with Crippen LogP contribution >= 0.6 is 11.3 Å². The van der Waals surface area contributed by atoms with Gasteiger partial charge in [0.05, 0.1) is 5.69 Å². The molecule has 0 saturated carbocycles. The van der Waals surface area contributed by atoms with Gasteiger partial charge in [-0.25, -0.2) is 4.98 Å². The molecule has 1 aromatic rings. The van der Waals surface area contributed by atoms with E-state index in [9.17, 15) is 4.79 Å². The lowest BCUT2D eigenvalue weighted by atomic mass is 9.85. The second-order valence-corrected chi connectivity index (χ2v) is 6.74. The van der Waals surface area contributed by atoms with Gasteiger partial charge in [-0.05, 0) is 38.5 Å². The van der Waals surface area contributed by atoms with E-state index in [-0.39, 0.29) is 12.3 Å². The molecule has 0 aliphatic carbocycles. The van der Waals surface area contributed by atoms with E-state index in [0.717, 1.165) is 36.8 Å². The van der Waals surface area contributed by atoms with Gasteiger partial charge in [-0.3, -0.25) is 4.79 Å². The minimum Gasteiger partial charge on any atom is -0.481 e. The Morgan fingerprint density at radius 1 is 1.58 bits per heavy atom. The van der Waals surface area contributed by atoms with Crippen molar-refractivity contribution in [3.8, 4) is 0 Å². The van der Waals surface area contributed by atoms with Crippen molar-refractivity contribution >= 4 is 22.4 Å². The van der Waals surface area contributed by atoms with Crippen LogP contribution in [0.1, 0.15) is 36.8 Å². The minimum atomic E-state index is -0.689. The normalized spacial score (nSPS) is 21.4. The molecule has 2 rings (SSSR count). The molecule has 1 aliphatic rings. The summed E-state index contributed by atoms with van der Waals surface area (Å²) in [5, 5.41) is 10.0. The molecule has 2 unspecified atom stereocenters. The highest BCUT2D eigenvalue weighted by Crippen LogP contribution is 2.32. The van der Waals surface area contributed by atoms with Gasteiger partial charge in [0.1, 0.15) is 0 Å². The van der Waals surface area contributed by atoms with Crippen LogP contribution in [-0.2, 0) is 4.79 Å². The molecule has 0 aromatic carbocycles. The number of nitrogens with zero attached hydrogens (tertiary/aromatic N) is 2. The van der Waals surface area contributed by atoms with Crippen molar-refractivity contribution in [3.63, 3.8) is 0 Å². The zero-order valence-corrected chi connectivity index (χ0v) is 12.7. The van der Waals surface area contributed by atoms with Crippen LogP contribution in [0.3, 0.4) is 0 Å². The summed E-state index contributed by atoms with van der Waals surface area (Å²) in [5.74, 6) is 0.0161. The summed E-state index contributed by atoms with van der Waals surface area (Å²) in [4.78, 5) is 19.0. The van der Waals surface area contributed by atoms with Gasteiger partial charge >= 0.3 is 5.97 Å². The summed E-state index contributed by atoms with van der Waals surface area (Å²) >= 11 is 1.75. The van der Waals surface area contributed by atoms with Crippen LogP contribution in [0.25, 0.3) is 0 Å². The number of aliphatic carboxylic acids is 1. The highest BCUT2D eigenvalue weighted by Gasteiger charge is 2.27. The Morgan fingerprint density at radius 2 is 2.32 bits per heavy atom. The average molecular weight is 282 g/mol. The van der Waals surface area contributed by atoms with E-state index in [4.69, 9.17) is 5.11 Å². The summed E-state index contributed by atoms with van der Waals surface area (Å²) in [6, 6.07) is 0. The molecule has 0 radical (unpaired) electrons. The molecule has 0 bridgehead atoms. The monoisotopic (exact) mass is 282 g/mol. The first-order valence-electron chi connectivity index (χ1n) is 6.88. The number of rotatable bonds is 4. The molecule has 5 heteroatoms. The van der Waals surface area contributed by atoms with Crippen molar-refractivity contribution in [1.82, 2.24) is 4.98 Å². The van der Waals surface area contributed by atoms with E-state index in [1.807, 2.05) is 6.92 Å². The lowest BCUT2D eigenvalue weighted by Crippen LogP contribution is -2.38. The summed E-state index contributed by atoms with van der Waals surface area (Å²) in [5.41, 5.74) is 1.11. The van der Waals surface area contributed by atoms with Crippen molar-refractivity contribution in [2.45, 2.75) is 40.0 Å². The SMILES string of the molecule is Cc1nc(N2CCCC(C(C)CC(=O)O)C2)sc1C. The number of hydrogen-bond donors (Lipinski definition) is 1. The summed E-state index contributed by atoms with van der Waals surface area (Å²) < 4.78 is 0. The third-order valence-corrected chi connectivity index (χ3v) is 5.18. The number of thiazole rings is 1. The van der Waals surface area contributed by atoms with Crippen LogP contribution in [-0.4, -0.2) is 29.1 Å². The van der Waals surface area contributed by atoms with E-state index >= 15 is 0 Å². The van der Waals surface area contributed by atoms with Crippen LogP contribution in [0, 0.1) is 25.7 Å². The topological polar surface area (TPSA) is 53.4 Å². The number of aryl methyl sites for hydroxylation is 2. The van der Waals surface area contributed by atoms with Crippen LogP contribution in [0.5, 0.6) is 0 Å². The van der Waals surface area contributed by atoms with Gasteiger partial charge in [0, 0.05) is 24.4 Å². The van der Waals surface area contributed by atoms with Gasteiger partial charge in [-0.1, -0.05) is 6.92 Å². The predicted molar refractivity (Wildman–Crippen MR) is 77.9 cm³/mol. The molecule has 2 atom stereocenters. The van der Waals surface area contributed by atoms with Crippen molar-refractivity contribution in [2.24, 2.45) is 11.8 Å². The zero-order chi connectivity index (χ0) is 14.0. The maximum Gasteiger partial charge on any atom is 0.303 e. The number of anilines is 1. The lowest BCUT2D eigenvalue weighted by molar-refractivity contribution is -0.138. The first-order chi connectivity index (χ1) is 8.97. The molecule has 1 aliphatic heterocycles. The maximum atomic E-state index is 10.8. The molecule has 19 heavy (non-hydrogen) atoms. The van der Waals surface area contributed by atoms with Crippen molar-refractivity contribution in [1.29, 1.82) is 0 Å². The largest absolute Gasteiger partial charge is 0.481 e. The molecule has 1 fully saturated rings. The predicted octanol–water partition coefficient (Wildman–Crippen LogP) is 3.09. The van der Waals surface area contributed by atoms with E-state index in [1.54, 1.807) is 11.3 Å². The van der Waals surface area contributed by atoms with E-state index < -0.39 is 5.97 Å². The highest BCUT2D eigenvalue weighted by molar-refractivity contribution is 7.15. The third-order valence-electron chi connectivity index (χ3n) is 4.05. The maximum absolute atomic E-state index is 10.8. The Balaban J connectivity index is 2.02. The molecule has 4 nitrogen and oxygen atoms in total. The van der Waals surface area contributed by atoms with Crippen LogP contribution < -0.4 is 4.90 Å². The Labute approximate surface area is 118 Å².